The van der Waals surface area contributed by atoms with E-state index in [1.54, 1.807) is 6.07 Å². The smallest absolute Gasteiger partial charge is 0.132 e. The molecule has 0 aromatic heterocycles. The monoisotopic (exact) mass is 330 g/mol. The maximum atomic E-state index is 14.6. The second-order valence-electron chi connectivity index (χ2n) is 6.45. The minimum absolute atomic E-state index is 0.0169. The molecule has 0 spiro atoms. The van der Waals surface area contributed by atoms with E-state index >= 15 is 0 Å². The number of ether oxygens (including phenoxy) is 2. The average molecular weight is 330 g/mol. The van der Waals surface area contributed by atoms with Crippen molar-refractivity contribution in [3.8, 4) is 0 Å². The molecule has 0 heterocycles. The van der Waals surface area contributed by atoms with E-state index in [2.05, 4.69) is 0 Å². The zero-order chi connectivity index (χ0) is 17.5. The Balaban J connectivity index is 1.98. The van der Waals surface area contributed by atoms with Crippen molar-refractivity contribution in [1.82, 2.24) is 0 Å². The molecule has 2 aromatic carbocycles. The Morgan fingerprint density at radius 1 is 0.875 bits per heavy atom. The van der Waals surface area contributed by atoms with Crippen molar-refractivity contribution in [3.05, 3.63) is 71.0 Å². The van der Waals surface area contributed by atoms with E-state index in [0.717, 1.165) is 5.56 Å². The van der Waals surface area contributed by atoms with Crippen LogP contribution in [0.2, 0.25) is 0 Å². The van der Waals surface area contributed by atoms with Crippen LogP contribution in [-0.2, 0) is 22.5 Å². The van der Waals surface area contributed by atoms with Crippen LogP contribution in [0.1, 0.15) is 50.5 Å². The first kappa shape index (κ1) is 18.6. The second-order valence-corrected chi connectivity index (χ2v) is 6.45. The summed E-state index contributed by atoms with van der Waals surface area (Å²) < 4.78 is 26.2. The van der Waals surface area contributed by atoms with E-state index in [1.807, 2.05) is 70.2 Å². The number of rotatable bonds is 8. The Morgan fingerprint density at radius 2 is 1.54 bits per heavy atom. The summed E-state index contributed by atoms with van der Waals surface area (Å²) in [5.41, 5.74) is 2.40. The van der Waals surface area contributed by atoms with Gasteiger partial charge < -0.3 is 9.47 Å². The summed E-state index contributed by atoms with van der Waals surface area (Å²) in [6.45, 7) is 8.20. The van der Waals surface area contributed by atoms with Gasteiger partial charge in [-0.05, 0) is 38.8 Å². The molecule has 0 saturated heterocycles. The van der Waals surface area contributed by atoms with E-state index in [0.29, 0.717) is 24.2 Å². The first-order chi connectivity index (χ1) is 11.5. The molecule has 0 amide bonds. The Hall–Kier alpha value is -1.71. The normalized spacial score (nSPS) is 13.9. The van der Waals surface area contributed by atoms with Crippen LogP contribution in [0.25, 0.3) is 0 Å². The average Bonchev–Trinajstić information content (AvgIpc) is 2.56. The van der Waals surface area contributed by atoms with Gasteiger partial charge in [-0.25, -0.2) is 4.39 Å². The number of halogens is 1. The van der Waals surface area contributed by atoms with Gasteiger partial charge in [-0.1, -0.05) is 48.5 Å². The highest BCUT2D eigenvalue weighted by atomic mass is 19.1. The van der Waals surface area contributed by atoms with Crippen molar-refractivity contribution >= 4 is 0 Å². The fourth-order valence-electron chi connectivity index (χ4n) is 2.67. The van der Waals surface area contributed by atoms with Crippen LogP contribution >= 0.6 is 0 Å². The Kier molecular flexibility index (Phi) is 6.95. The molecule has 2 rings (SSSR count). The summed E-state index contributed by atoms with van der Waals surface area (Å²) in [5, 5.41) is 0. The van der Waals surface area contributed by atoms with Gasteiger partial charge in [-0.2, -0.15) is 0 Å². The molecule has 2 atom stereocenters. The van der Waals surface area contributed by atoms with E-state index in [1.165, 1.54) is 0 Å². The van der Waals surface area contributed by atoms with Crippen LogP contribution in [0.15, 0.2) is 48.5 Å². The third-order valence-electron chi connectivity index (χ3n) is 3.94. The summed E-state index contributed by atoms with van der Waals surface area (Å²) in [4.78, 5) is 0. The van der Waals surface area contributed by atoms with Crippen LogP contribution in [0.5, 0.6) is 0 Å². The Labute approximate surface area is 144 Å². The highest BCUT2D eigenvalue weighted by Gasteiger charge is 2.15. The zero-order valence-electron chi connectivity index (χ0n) is 15.0. The molecule has 2 unspecified atom stereocenters. The van der Waals surface area contributed by atoms with Crippen LogP contribution in [-0.4, -0.2) is 12.2 Å². The highest BCUT2D eigenvalue weighted by Crippen LogP contribution is 2.22. The van der Waals surface area contributed by atoms with Gasteiger partial charge in [0, 0.05) is 12.0 Å². The van der Waals surface area contributed by atoms with Gasteiger partial charge in [0.05, 0.1) is 24.9 Å². The van der Waals surface area contributed by atoms with Gasteiger partial charge in [0.25, 0.3) is 0 Å². The molecule has 2 nitrogen and oxygen atoms in total. The second kappa shape index (κ2) is 8.95. The van der Waals surface area contributed by atoms with Crippen molar-refractivity contribution in [2.45, 2.75) is 59.0 Å². The van der Waals surface area contributed by atoms with Gasteiger partial charge in [0.15, 0.2) is 0 Å². The predicted molar refractivity (Wildman–Crippen MR) is 95.4 cm³/mol. The highest BCUT2D eigenvalue weighted by molar-refractivity contribution is 5.26. The minimum atomic E-state index is -0.180. The van der Waals surface area contributed by atoms with Gasteiger partial charge in [-0.3, -0.25) is 0 Å². The molecule has 130 valence electrons. The summed E-state index contributed by atoms with van der Waals surface area (Å²) in [5.74, 6) is -0.180. The van der Waals surface area contributed by atoms with Crippen molar-refractivity contribution in [1.29, 1.82) is 0 Å². The molecule has 0 bridgehead atoms. The summed E-state index contributed by atoms with van der Waals surface area (Å²) in [6.07, 6.45) is 0.535. The van der Waals surface area contributed by atoms with Gasteiger partial charge in [0.1, 0.15) is 5.82 Å². The van der Waals surface area contributed by atoms with Gasteiger partial charge in [-0.15, -0.1) is 0 Å². The SMILES string of the molecule is CC(C)OCc1cccc(CC(C)OC(C)c2ccccc2)c1F. The molecule has 0 radical (unpaired) electrons. The van der Waals surface area contributed by atoms with Gasteiger partial charge in [0.2, 0.25) is 0 Å². The largest absolute Gasteiger partial charge is 0.374 e. The lowest BCUT2D eigenvalue weighted by molar-refractivity contribution is 0.00716. The fourth-order valence-corrected chi connectivity index (χ4v) is 2.67. The van der Waals surface area contributed by atoms with Crippen LogP contribution in [0, 0.1) is 5.82 Å². The lowest BCUT2D eigenvalue weighted by atomic mass is 10.0. The molecule has 3 heteroatoms. The number of benzene rings is 2. The van der Waals surface area contributed by atoms with E-state index in [9.17, 15) is 4.39 Å². The Morgan fingerprint density at radius 3 is 2.21 bits per heavy atom. The molecule has 0 aliphatic heterocycles. The molecular weight excluding hydrogens is 303 g/mol. The topological polar surface area (TPSA) is 18.5 Å². The van der Waals surface area contributed by atoms with E-state index in [4.69, 9.17) is 9.47 Å². The molecule has 2 aromatic rings. The molecule has 0 N–H and O–H groups in total. The third-order valence-corrected chi connectivity index (χ3v) is 3.94. The third kappa shape index (κ3) is 5.43. The molecule has 24 heavy (non-hydrogen) atoms. The van der Waals surface area contributed by atoms with Crippen molar-refractivity contribution in [2.24, 2.45) is 0 Å². The van der Waals surface area contributed by atoms with Crippen LogP contribution in [0.3, 0.4) is 0 Å². The zero-order valence-corrected chi connectivity index (χ0v) is 15.0. The lowest BCUT2D eigenvalue weighted by Gasteiger charge is -2.20. The number of hydrogen-bond donors (Lipinski definition) is 0. The molecule has 0 fully saturated rings. The predicted octanol–water partition coefficient (Wildman–Crippen LogP) is 5.46. The maximum absolute atomic E-state index is 14.6. The van der Waals surface area contributed by atoms with Crippen molar-refractivity contribution in [2.75, 3.05) is 0 Å². The summed E-state index contributed by atoms with van der Waals surface area (Å²) in [6, 6.07) is 15.5. The van der Waals surface area contributed by atoms with Crippen LogP contribution < -0.4 is 0 Å². The summed E-state index contributed by atoms with van der Waals surface area (Å²) >= 11 is 0. The molecular formula is C21H27FO2. The minimum Gasteiger partial charge on any atom is -0.374 e. The first-order valence-corrected chi connectivity index (χ1v) is 8.55. The molecule has 0 aliphatic carbocycles. The van der Waals surface area contributed by atoms with Crippen molar-refractivity contribution < 1.29 is 13.9 Å². The van der Waals surface area contributed by atoms with Gasteiger partial charge >= 0.3 is 0 Å². The number of hydrogen-bond acceptors (Lipinski definition) is 2. The standard InChI is InChI=1S/C21H27FO2/c1-15(2)23-14-20-12-8-11-19(21(20)22)13-16(3)24-17(4)18-9-6-5-7-10-18/h5-12,15-17H,13-14H2,1-4H3. The molecule has 0 aliphatic rings. The fraction of sp³-hybridized carbons (Fsp3) is 0.429. The lowest BCUT2D eigenvalue weighted by Crippen LogP contribution is -2.16. The Bertz CT molecular complexity index is 625. The van der Waals surface area contributed by atoms with E-state index < -0.39 is 0 Å². The van der Waals surface area contributed by atoms with Crippen LogP contribution in [0.4, 0.5) is 4.39 Å². The summed E-state index contributed by atoms with van der Waals surface area (Å²) in [7, 11) is 0. The van der Waals surface area contributed by atoms with Crippen molar-refractivity contribution in [3.63, 3.8) is 0 Å². The maximum Gasteiger partial charge on any atom is 0.132 e. The molecule has 0 saturated carbocycles. The first-order valence-electron chi connectivity index (χ1n) is 8.55. The quantitative estimate of drug-likeness (QED) is 0.640. The van der Waals surface area contributed by atoms with E-state index in [-0.39, 0.29) is 24.1 Å².